The quantitative estimate of drug-likeness (QED) is 0.229. The molecule has 0 saturated heterocycles. The summed E-state index contributed by atoms with van der Waals surface area (Å²) in [7, 11) is 0. The van der Waals surface area contributed by atoms with E-state index in [0.29, 0.717) is 11.2 Å². The Labute approximate surface area is 214 Å². The second-order valence-electron chi connectivity index (χ2n) is 9.05. The molecule has 1 aliphatic carbocycles. The molecule has 0 aliphatic heterocycles. The van der Waals surface area contributed by atoms with Crippen molar-refractivity contribution < 1.29 is 4.79 Å². The van der Waals surface area contributed by atoms with Crippen LogP contribution in [0.25, 0.3) is 0 Å². The van der Waals surface area contributed by atoms with Gasteiger partial charge in [-0.15, -0.1) is 0 Å². The minimum atomic E-state index is -0.0961. The molecule has 0 heterocycles. The summed E-state index contributed by atoms with van der Waals surface area (Å²) in [6, 6.07) is 14.1. The summed E-state index contributed by atoms with van der Waals surface area (Å²) in [5, 5.41) is 10.4. The van der Waals surface area contributed by atoms with Crippen LogP contribution in [0.1, 0.15) is 71.6 Å². The fraction of sp³-hybridized carbons (Fsp3) is 0.481. The summed E-state index contributed by atoms with van der Waals surface area (Å²) >= 11 is 12.3. The second-order valence-corrected chi connectivity index (χ2v) is 9.87. The predicted octanol–water partition coefficient (Wildman–Crippen LogP) is 7.83. The Hall–Kier alpha value is -2.31. The Morgan fingerprint density at radius 3 is 2.18 bits per heavy atom. The molecule has 3 N–H and O–H groups in total. The Morgan fingerprint density at radius 2 is 1.56 bits per heavy atom. The summed E-state index contributed by atoms with van der Waals surface area (Å²) in [6.45, 7) is 4.80. The average Bonchev–Trinajstić information content (AvgIpc) is 2.81. The van der Waals surface area contributed by atoms with Crippen LogP contribution in [0, 0.1) is 0 Å². The van der Waals surface area contributed by atoms with Gasteiger partial charge in [0.05, 0.1) is 10.7 Å². The first-order valence-corrected chi connectivity index (χ1v) is 13.3. The maximum Gasteiger partial charge on any atom is 0.221 e. The number of hydrogen-bond acceptors (Lipinski definition) is 3. The summed E-state index contributed by atoms with van der Waals surface area (Å²) in [4.78, 5) is 13.7. The number of anilines is 4. The summed E-state index contributed by atoms with van der Waals surface area (Å²) in [5.74, 6) is -0.0961. The minimum Gasteiger partial charge on any atom is -0.367 e. The molecule has 2 aromatic rings. The van der Waals surface area contributed by atoms with Crippen molar-refractivity contribution in [2.45, 2.75) is 77.7 Å². The molecule has 0 radical (unpaired) electrons. The average molecular weight is 501 g/mol. The molecule has 1 aliphatic rings. The van der Waals surface area contributed by atoms with E-state index in [2.05, 4.69) is 39.9 Å². The third kappa shape index (κ3) is 8.17. The topological polar surface area (TPSA) is 56.4 Å². The zero-order valence-electron chi connectivity index (χ0n) is 20.3. The van der Waals surface area contributed by atoms with Crippen molar-refractivity contribution >= 4 is 57.6 Å². The normalized spacial score (nSPS) is 13.9. The largest absolute Gasteiger partial charge is 0.367 e. The van der Waals surface area contributed by atoms with Gasteiger partial charge in [0.25, 0.3) is 0 Å². The van der Waals surface area contributed by atoms with Crippen LogP contribution in [0.15, 0.2) is 42.5 Å². The number of carbonyl (C=O) groups is 1. The molecule has 0 spiro atoms. The van der Waals surface area contributed by atoms with Gasteiger partial charge in [-0.25, -0.2) is 0 Å². The van der Waals surface area contributed by atoms with Gasteiger partial charge in [-0.2, -0.15) is 0 Å². The maximum atomic E-state index is 11.2. The molecule has 1 fully saturated rings. The highest BCUT2D eigenvalue weighted by Crippen LogP contribution is 2.34. The van der Waals surface area contributed by atoms with E-state index in [1.807, 2.05) is 30.3 Å². The van der Waals surface area contributed by atoms with E-state index in [-0.39, 0.29) is 5.91 Å². The molecule has 2 aromatic carbocycles. The molecule has 5 nitrogen and oxygen atoms in total. The Balaban J connectivity index is 1.63. The molecular formula is C27H37ClN4OS. The van der Waals surface area contributed by atoms with Crippen LogP contribution in [-0.4, -0.2) is 23.6 Å². The Bertz CT molecular complexity index is 944. The number of unbranched alkanes of at least 4 members (excludes halogenated alkanes) is 3. The van der Waals surface area contributed by atoms with Gasteiger partial charge in [0.1, 0.15) is 0 Å². The zero-order chi connectivity index (χ0) is 24.3. The van der Waals surface area contributed by atoms with Gasteiger partial charge in [0.2, 0.25) is 5.91 Å². The minimum absolute atomic E-state index is 0.0961. The summed E-state index contributed by atoms with van der Waals surface area (Å²) in [5.41, 5.74) is 3.57. The van der Waals surface area contributed by atoms with Crippen molar-refractivity contribution in [2.24, 2.45) is 0 Å². The molecule has 7 heteroatoms. The van der Waals surface area contributed by atoms with Gasteiger partial charge in [-0.05, 0) is 73.9 Å². The van der Waals surface area contributed by atoms with Crippen LogP contribution < -0.4 is 20.9 Å². The highest BCUT2D eigenvalue weighted by molar-refractivity contribution is 7.80. The molecule has 1 amide bonds. The van der Waals surface area contributed by atoms with Gasteiger partial charge in [0, 0.05) is 36.6 Å². The monoisotopic (exact) mass is 500 g/mol. The number of rotatable bonds is 10. The van der Waals surface area contributed by atoms with Gasteiger partial charge in [-0.3, -0.25) is 4.79 Å². The van der Waals surface area contributed by atoms with Crippen LogP contribution in [0.4, 0.5) is 22.7 Å². The van der Waals surface area contributed by atoms with Gasteiger partial charge >= 0.3 is 0 Å². The lowest BCUT2D eigenvalue weighted by atomic mass is 9.93. The van der Waals surface area contributed by atoms with Crippen molar-refractivity contribution in [2.75, 3.05) is 27.4 Å². The third-order valence-electron chi connectivity index (χ3n) is 6.25. The number of nitrogens with one attached hydrogen (secondary N) is 3. The number of hydrogen-bond donors (Lipinski definition) is 3. The number of nitrogens with zero attached hydrogens (tertiary/aromatic N) is 1. The summed E-state index contributed by atoms with van der Waals surface area (Å²) in [6.07, 6.45) is 11.5. The molecule has 0 bridgehead atoms. The highest BCUT2D eigenvalue weighted by atomic mass is 35.5. The first-order valence-electron chi connectivity index (χ1n) is 12.5. The van der Waals surface area contributed by atoms with E-state index >= 15 is 0 Å². The third-order valence-corrected chi connectivity index (χ3v) is 6.75. The predicted molar refractivity (Wildman–Crippen MR) is 150 cm³/mol. The fourth-order valence-corrected chi connectivity index (χ4v) is 5.08. The van der Waals surface area contributed by atoms with Gasteiger partial charge in [0.15, 0.2) is 5.11 Å². The van der Waals surface area contributed by atoms with Crippen molar-refractivity contribution in [3.63, 3.8) is 0 Å². The Morgan fingerprint density at radius 1 is 0.941 bits per heavy atom. The molecular weight excluding hydrogens is 464 g/mol. The van der Waals surface area contributed by atoms with Crippen molar-refractivity contribution in [1.82, 2.24) is 0 Å². The van der Waals surface area contributed by atoms with E-state index < -0.39 is 0 Å². The molecule has 1 saturated carbocycles. The van der Waals surface area contributed by atoms with E-state index in [1.165, 1.54) is 64.7 Å². The van der Waals surface area contributed by atoms with E-state index in [4.69, 9.17) is 23.8 Å². The number of thiocarbonyl (C=S) groups is 1. The Kier molecular flexibility index (Phi) is 10.5. The maximum absolute atomic E-state index is 11.2. The molecule has 184 valence electrons. The van der Waals surface area contributed by atoms with Crippen molar-refractivity contribution in [1.29, 1.82) is 0 Å². The van der Waals surface area contributed by atoms with Crippen LogP contribution in [0.2, 0.25) is 5.02 Å². The summed E-state index contributed by atoms with van der Waals surface area (Å²) < 4.78 is 0. The first-order chi connectivity index (χ1) is 16.5. The number of carbonyl (C=O) groups excluding carboxylic acids is 1. The number of halogens is 1. The molecule has 3 rings (SSSR count). The van der Waals surface area contributed by atoms with E-state index in [1.54, 1.807) is 0 Å². The van der Waals surface area contributed by atoms with Gasteiger partial charge in [-0.1, -0.05) is 57.0 Å². The number of amides is 1. The molecule has 0 aromatic heterocycles. The van der Waals surface area contributed by atoms with Crippen molar-refractivity contribution in [3.8, 4) is 0 Å². The van der Waals surface area contributed by atoms with Gasteiger partial charge < -0.3 is 20.9 Å². The smallest absolute Gasteiger partial charge is 0.221 e. The van der Waals surface area contributed by atoms with Crippen molar-refractivity contribution in [3.05, 3.63) is 47.5 Å². The molecule has 34 heavy (non-hydrogen) atoms. The molecule has 0 unspecified atom stereocenters. The van der Waals surface area contributed by atoms with Crippen LogP contribution in [0.5, 0.6) is 0 Å². The lowest BCUT2D eigenvalue weighted by molar-refractivity contribution is -0.114. The zero-order valence-corrected chi connectivity index (χ0v) is 21.9. The standard InChI is InChI=1S/C27H37ClN4OS/c1-3-4-5-9-18-32(24-10-7-6-8-11-24)26-17-16-23(19-25(26)28)31-27(34)30-22-14-12-21(13-15-22)29-20(2)33/h12-17,19,24H,3-11,18H2,1-2H3,(H,29,33)(H2,30,31,34). The lowest BCUT2D eigenvalue weighted by Crippen LogP contribution is -2.37. The van der Waals surface area contributed by atoms with Crippen LogP contribution in [-0.2, 0) is 4.79 Å². The fourth-order valence-electron chi connectivity index (χ4n) is 4.55. The van der Waals surface area contributed by atoms with Crippen LogP contribution in [0.3, 0.4) is 0 Å². The lowest BCUT2D eigenvalue weighted by Gasteiger charge is -2.37. The molecule has 0 atom stereocenters. The second kappa shape index (κ2) is 13.5. The van der Waals surface area contributed by atoms with Crippen LogP contribution >= 0.6 is 23.8 Å². The van der Waals surface area contributed by atoms with E-state index in [9.17, 15) is 4.79 Å². The van der Waals surface area contributed by atoms with E-state index in [0.717, 1.165) is 34.3 Å². The number of benzene rings is 2. The highest BCUT2D eigenvalue weighted by Gasteiger charge is 2.23. The SMILES string of the molecule is CCCCCCN(c1ccc(NC(=S)Nc2ccc(NC(C)=O)cc2)cc1Cl)C1CCCCC1. The first kappa shape index (κ1) is 26.3.